The van der Waals surface area contributed by atoms with Crippen LogP contribution in [-0.4, -0.2) is 144 Å². The Balaban J connectivity index is 0.705. The minimum Gasteiger partial charge on any atom is -0.495 e. The van der Waals surface area contributed by atoms with Gasteiger partial charge in [-0.15, -0.1) is 0 Å². The molecule has 70 heavy (non-hydrogen) atoms. The third-order valence-corrected chi connectivity index (χ3v) is 14.3. The molecule has 1 unspecified atom stereocenters. The summed E-state index contributed by atoms with van der Waals surface area (Å²) in [5.41, 5.74) is 8.65. The summed E-state index contributed by atoms with van der Waals surface area (Å²) < 4.78 is 17.4. The Morgan fingerprint density at radius 3 is 2.26 bits per heavy atom. The molecule has 5 aliphatic rings. The maximum absolute atomic E-state index is 13.3. The number of fused-ring (bicyclic) bond motifs is 1. The smallest absolute Gasteiger partial charge is 0.271 e. The highest BCUT2D eigenvalue weighted by Gasteiger charge is 2.46. The Kier molecular flexibility index (Phi) is 16.8. The average Bonchev–Trinajstić information content (AvgIpc) is 3.63. The van der Waals surface area contributed by atoms with Crippen molar-refractivity contribution in [3.8, 4) is 11.5 Å². The number of rotatable bonds is 21. The quantitative estimate of drug-likeness (QED) is 0.0795. The van der Waals surface area contributed by atoms with Gasteiger partial charge in [-0.25, -0.2) is 9.97 Å². The monoisotopic (exact) mass is 965 g/mol. The number of hydrogen-bond donors (Lipinski definition) is 4. The summed E-state index contributed by atoms with van der Waals surface area (Å²) in [5.74, 6) is -0.600. The first-order valence-corrected chi connectivity index (χ1v) is 25.3. The number of methoxy groups -OCH3 is 1. The van der Waals surface area contributed by atoms with Crippen LogP contribution < -0.4 is 36.1 Å². The van der Waals surface area contributed by atoms with Gasteiger partial charge in [-0.3, -0.25) is 43.9 Å². The van der Waals surface area contributed by atoms with Crippen LogP contribution in [0, 0.1) is 0 Å². The van der Waals surface area contributed by atoms with E-state index in [1.165, 1.54) is 0 Å². The van der Waals surface area contributed by atoms with Gasteiger partial charge in [0.05, 0.1) is 36.2 Å². The number of hydrogen-bond acceptors (Lipinski definition) is 15. The summed E-state index contributed by atoms with van der Waals surface area (Å²) in [4.78, 5) is 93.4. The highest BCUT2D eigenvalue weighted by atomic mass is 16.5. The summed E-state index contributed by atoms with van der Waals surface area (Å²) >= 11 is 0. The molecule has 1 aromatic heterocycles. The third kappa shape index (κ3) is 11.8. The lowest BCUT2D eigenvalue weighted by molar-refractivity contribution is -0.136. The van der Waals surface area contributed by atoms with E-state index in [1.54, 1.807) is 25.3 Å². The van der Waals surface area contributed by atoms with E-state index < -0.39 is 35.6 Å². The maximum Gasteiger partial charge on any atom is 0.271 e. The molecule has 0 radical (unpaired) electrons. The van der Waals surface area contributed by atoms with Crippen molar-refractivity contribution in [3.05, 3.63) is 58.9 Å². The van der Waals surface area contributed by atoms with Gasteiger partial charge in [-0.2, -0.15) is 0 Å². The van der Waals surface area contributed by atoms with Crippen molar-refractivity contribution >= 4 is 58.5 Å². The molecule has 2 aromatic carbocycles. The van der Waals surface area contributed by atoms with Crippen molar-refractivity contribution in [2.45, 2.75) is 121 Å². The summed E-state index contributed by atoms with van der Waals surface area (Å²) in [5, 5.41) is 9.03. The van der Waals surface area contributed by atoms with Crippen molar-refractivity contribution in [1.29, 1.82) is 0 Å². The Bertz CT molecular complexity index is 2390. The first-order chi connectivity index (χ1) is 34.0. The number of nitrogens with one attached hydrogen (secondary N) is 3. The number of nitrogens with two attached hydrogens (primary N) is 1. The zero-order valence-corrected chi connectivity index (χ0v) is 40.6. The van der Waals surface area contributed by atoms with E-state index in [4.69, 9.17) is 24.9 Å². The average molecular weight is 965 g/mol. The van der Waals surface area contributed by atoms with Gasteiger partial charge in [0.1, 0.15) is 17.5 Å². The number of aromatic nitrogens is 2. The van der Waals surface area contributed by atoms with Crippen molar-refractivity contribution in [2.75, 3.05) is 81.7 Å². The van der Waals surface area contributed by atoms with E-state index in [0.717, 1.165) is 120 Å². The molecular weight excluding hydrogens is 897 g/mol. The molecule has 19 heteroatoms. The second kappa shape index (κ2) is 23.5. The van der Waals surface area contributed by atoms with Gasteiger partial charge in [0, 0.05) is 89.2 Å². The Morgan fingerprint density at radius 2 is 1.56 bits per heavy atom. The highest BCUT2D eigenvalue weighted by molar-refractivity contribution is 6.24. The van der Waals surface area contributed by atoms with Crippen molar-refractivity contribution < 1.29 is 43.0 Å². The standard InChI is InChI=1S/C51H68N10O9/c1-3-37-47(53-33-21-30-69-31-22-33)57-48(45(55-37)46(52)64)54-34-15-16-38(41(32-34)68-2)59-23-19-35(20-24-59)58-25-27-60(28-26-58)43(63)14-9-7-5-4-6-8-10-29-70-40-13-11-12-36-44(40)51(67)61(50(36)66)39-17-18-42(62)56-49(39)65/h11-13,15-16,32-33,35,39H,3-10,14,17-31H2,1-2H3,(H2,52,64)(H2,53,54,57)(H,56,62,65). The van der Waals surface area contributed by atoms with Gasteiger partial charge in [0.2, 0.25) is 17.7 Å². The molecule has 8 rings (SSSR count). The topological polar surface area (TPSA) is 231 Å². The Labute approximate surface area is 409 Å². The number of anilines is 4. The van der Waals surface area contributed by atoms with Crippen molar-refractivity contribution in [2.24, 2.45) is 5.73 Å². The molecule has 4 fully saturated rings. The lowest BCUT2D eigenvalue weighted by Crippen LogP contribution is -2.54. The molecule has 4 saturated heterocycles. The van der Waals surface area contributed by atoms with Crippen LogP contribution in [0.15, 0.2) is 36.4 Å². The van der Waals surface area contributed by atoms with Gasteiger partial charge >= 0.3 is 0 Å². The molecule has 376 valence electrons. The van der Waals surface area contributed by atoms with Gasteiger partial charge < -0.3 is 40.4 Å². The van der Waals surface area contributed by atoms with Gasteiger partial charge in [0.25, 0.3) is 17.7 Å². The van der Waals surface area contributed by atoms with Crippen molar-refractivity contribution in [3.63, 3.8) is 0 Å². The number of unbranched alkanes of at least 4 members (excludes halogenated alkanes) is 6. The number of nitrogens with zero attached hydrogens (tertiary/aromatic N) is 6. The number of aryl methyl sites for hydroxylation is 1. The van der Waals surface area contributed by atoms with E-state index in [-0.39, 0.29) is 41.6 Å². The molecule has 6 heterocycles. The van der Waals surface area contributed by atoms with Crippen LogP contribution in [0.4, 0.5) is 23.0 Å². The fraction of sp³-hybridized carbons (Fsp3) is 0.569. The van der Waals surface area contributed by atoms with E-state index >= 15 is 0 Å². The van der Waals surface area contributed by atoms with Gasteiger partial charge in [0.15, 0.2) is 17.3 Å². The predicted octanol–water partition coefficient (Wildman–Crippen LogP) is 5.20. The predicted molar refractivity (Wildman–Crippen MR) is 263 cm³/mol. The van der Waals surface area contributed by atoms with Crippen LogP contribution in [0.1, 0.15) is 134 Å². The molecule has 5 N–H and O–H groups in total. The molecule has 19 nitrogen and oxygen atoms in total. The zero-order valence-electron chi connectivity index (χ0n) is 40.6. The third-order valence-electron chi connectivity index (χ3n) is 14.3. The fourth-order valence-corrected chi connectivity index (χ4v) is 10.3. The second-order valence-corrected chi connectivity index (χ2v) is 18.8. The highest BCUT2D eigenvalue weighted by Crippen LogP contribution is 2.36. The number of carbonyl (C=O) groups is 6. The molecule has 3 aromatic rings. The summed E-state index contributed by atoms with van der Waals surface area (Å²) in [6, 6.07) is 10.5. The van der Waals surface area contributed by atoms with E-state index in [2.05, 4.69) is 30.7 Å². The fourth-order valence-electron chi connectivity index (χ4n) is 10.3. The van der Waals surface area contributed by atoms with Crippen LogP contribution in [-0.2, 0) is 25.5 Å². The molecule has 1 atom stereocenters. The summed E-state index contributed by atoms with van der Waals surface area (Å²) in [6.45, 7) is 8.79. The first kappa shape index (κ1) is 50.1. The molecule has 6 amide bonds. The maximum atomic E-state index is 13.3. The number of benzene rings is 2. The first-order valence-electron chi connectivity index (χ1n) is 25.3. The van der Waals surface area contributed by atoms with E-state index in [0.29, 0.717) is 73.2 Å². The normalized spacial score (nSPS) is 19.3. The molecule has 0 saturated carbocycles. The number of piperidine rings is 2. The minimum atomic E-state index is -1.02. The van der Waals surface area contributed by atoms with Crippen molar-refractivity contribution in [1.82, 2.24) is 30.0 Å². The van der Waals surface area contributed by atoms with Gasteiger partial charge in [-0.05, 0) is 75.6 Å². The molecular formula is C51H68N10O9. The van der Waals surface area contributed by atoms with Crippen LogP contribution >= 0.6 is 0 Å². The number of primary amides is 1. The molecule has 0 bridgehead atoms. The number of carbonyl (C=O) groups excluding carboxylic acids is 6. The molecule has 5 aliphatic heterocycles. The molecule has 0 aliphatic carbocycles. The summed E-state index contributed by atoms with van der Waals surface area (Å²) in [6.07, 6.45) is 11.9. The Morgan fingerprint density at radius 1 is 0.829 bits per heavy atom. The number of imide groups is 2. The van der Waals surface area contributed by atoms with Gasteiger partial charge in [-0.1, -0.05) is 45.1 Å². The lowest BCUT2D eigenvalue weighted by Gasteiger charge is -2.43. The number of amides is 6. The van der Waals surface area contributed by atoms with E-state index in [9.17, 15) is 28.8 Å². The summed E-state index contributed by atoms with van der Waals surface area (Å²) in [7, 11) is 1.66. The zero-order chi connectivity index (χ0) is 49.1. The SMILES string of the molecule is CCc1nc(C(N)=O)c(Nc2ccc(N3CCC(N4CCN(C(=O)CCCCCCCCCOc5cccc6c5C(=O)N(C5CCC(=O)NC5=O)C6=O)CC4)CC3)c(OC)c2)nc1NC1CCOCC1. The minimum absolute atomic E-state index is 0.0670. The second-order valence-electron chi connectivity index (χ2n) is 18.8. The Hall–Kier alpha value is -6.34. The van der Waals surface area contributed by atoms with E-state index in [1.807, 2.05) is 30.0 Å². The van der Waals surface area contributed by atoms with Crippen LogP contribution in [0.5, 0.6) is 11.5 Å². The molecule has 0 spiro atoms. The van der Waals surface area contributed by atoms with Crippen LogP contribution in [0.25, 0.3) is 0 Å². The number of ether oxygens (including phenoxy) is 3. The largest absolute Gasteiger partial charge is 0.495 e. The lowest BCUT2D eigenvalue weighted by atomic mass is 10.0. The number of piperazine rings is 1. The van der Waals surface area contributed by atoms with Crippen LogP contribution in [0.3, 0.4) is 0 Å². The van der Waals surface area contributed by atoms with Crippen LogP contribution in [0.2, 0.25) is 0 Å².